The van der Waals surface area contributed by atoms with Gasteiger partial charge in [0.15, 0.2) is 0 Å². The summed E-state index contributed by atoms with van der Waals surface area (Å²) >= 11 is 1.55. The van der Waals surface area contributed by atoms with Crippen molar-refractivity contribution in [1.82, 2.24) is 9.88 Å². The summed E-state index contributed by atoms with van der Waals surface area (Å²) in [5, 5.41) is 16.5. The molecule has 0 saturated heterocycles. The number of hydrogen-bond acceptors (Lipinski definition) is 3. The van der Waals surface area contributed by atoms with Gasteiger partial charge in [-0.3, -0.25) is 4.79 Å². The molecule has 3 heterocycles. The quantitative estimate of drug-likeness (QED) is 0.764. The zero-order chi connectivity index (χ0) is 16.7. The second-order valence-electron chi connectivity index (χ2n) is 6.13. The molecule has 5 heteroatoms. The number of hydrogen-bond donors (Lipinski definition) is 2. The number of aliphatic hydroxyl groups excluding tert-OH is 1. The highest BCUT2D eigenvalue weighted by atomic mass is 32.1. The number of nitrogens with one attached hydrogen (secondary N) is 1. The molecule has 24 heavy (non-hydrogen) atoms. The molecule has 2 aromatic heterocycles. The number of amides is 1. The molecule has 2 N–H and O–H groups in total. The van der Waals surface area contributed by atoms with Gasteiger partial charge >= 0.3 is 0 Å². The molecule has 0 fully saturated rings. The van der Waals surface area contributed by atoms with Gasteiger partial charge in [-0.15, -0.1) is 11.3 Å². The fourth-order valence-corrected chi connectivity index (χ4v) is 4.06. The van der Waals surface area contributed by atoms with E-state index in [-0.39, 0.29) is 11.9 Å². The van der Waals surface area contributed by atoms with Crippen LogP contribution in [0.3, 0.4) is 0 Å². The second kappa shape index (κ2) is 5.92. The zero-order valence-electron chi connectivity index (χ0n) is 13.3. The molecule has 3 aromatic rings. The predicted molar refractivity (Wildman–Crippen MR) is 94.6 cm³/mol. The van der Waals surface area contributed by atoms with E-state index in [1.54, 1.807) is 11.3 Å². The summed E-state index contributed by atoms with van der Waals surface area (Å²) in [5.74, 6) is -0.0870. The number of aromatic nitrogens is 1. The third-order valence-electron chi connectivity index (χ3n) is 4.47. The van der Waals surface area contributed by atoms with E-state index in [0.29, 0.717) is 12.0 Å². The minimum atomic E-state index is -0.629. The van der Waals surface area contributed by atoms with Crippen LogP contribution in [0.1, 0.15) is 45.7 Å². The van der Waals surface area contributed by atoms with Crippen molar-refractivity contribution in [2.45, 2.75) is 25.5 Å². The van der Waals surface area contributed by atoms with Gasteiger partial charge in [-0.1, -0.05) is 29.8 Å². The van der Waals surface area contributed by atoms with E-state index in [9.17, 15) is 9.90 Å². The molecule has 0 radical (unpaired) electrons. The molecule has 0 saturated carbocycles. The van der Waals surface area contributed by atoms with Crippen LogP contribution in [0.4, 0.5) is 0 Å². The van der Waals surface area contributed by atoms with Gasteiger partial charge in [0.05, 0.1) is 17.7 Å². The molecule has 2 atom stereocenters. The molecule has 0 spiro atoms. The van der Waals surface area contributed by atoms with E-state index in [1.165, 1.54) is 0 Å². The van der Waals surface area contributed by atoms with Crippen LogP contribution in [0.2, 0.25) is 0 Å². The van der Waals surface area contributed by atoms with Gasteiger partial charge in [0, 0.05) is 18.3 Å². The van der Waals surface area contributed by atoms with Crippen LogP contribution in [-0.2, 0) is 0 Å². The van der Waals surface area contributed by atoms with Crippen LogP contribution >= 0.6 is 11.3 Å². The maximum atomic E-state index is 12.5. The van der Waals surface area contributed by atoms with Crippen molar-refractivity contribution in [1.29, 1.82) is 0 Å². The van der Waals surface area contributed by atoms with Gasteiger partial charge in [0.25, 0.3) is 5.91 Å². The SMILES string of the molecule is Cc1ccc(C(O)CC2NC(=O)c3ccsc3-n3cccc32)cc1. The molecule has 4 nitrogen and oxygen atoms in total. The normalized spacial score (nSPS) is 17.6. The van der Waals surface area contributed by atoms with Gasteiger partial charge in [0.2, 0.25) is 0 Å². The highest BCUT2D eigenvalue weighted by molar-refractivity contribution is 7.13. The summed E-state index contributed by atoms with van der Waals surface area (Å²) < 4.78 is 2.05. The summed E-state index contributed by atoms with van der Waals surface area (Å²) in [6.07, 6.45) is 1.78. The molecule has 1 amide bonds. The van der Waals surface area contributed by atoms with Crippen molar-refractivity contribution in [3.8, 4) is 5.00 Å². The van der Waals surface area contributed by atoms with Crippen LogP contribution in [-0.4, -0.2) is 15.6 Å². The Bertz CT molecular complexity index is 879. The van der Waals surface area contributed by atoms with E-state index in [4.69, 9.17) is 0 Å². The van der Waals surface area contributed by atoms with E-state index in [0.717, 1.165) is 21.8 Å². The topological polar surface area (TPSA) is 54.3 Å². The Morgan fingerprint density at radius 3 is 2.83 bits per heavy atom. The number of rotatable bonds is 3. The first kappa shape index (κ1) is 15.2. The van der Waals surface area contributed by atoms with Crippen LogP contribution in [0, 0.1) is 6.92 Å². The average Bonchev–Trinajstić information content (AvgIpc) is 3.21. The zero-order valence-corrected chi connectivity index (χ0v) is 14.1. The lowest BCUT2D eigenvalue weighted by Crippen LogP contribution is -2.28. The predicted octanol–water partition coefficient (Wildman–Crippen LogP) is 3.76. The number of aliphatic hydroxyl groups is 1. The summed E-state index contributed by atoms with van der Waals surface area (Å²) in [6.45, 7) is 2.02. The lowest BCUT2D eigenvalue weighted by atomic mass is 9.99. The molecule has 1 aliphatic heterocycles. The largest absolute Gasteiger partial charge is 0.388 e. The minimum absolute atomic E-state index is 0.0870. The number of fused-ring (bicyclic) bond motifs is 3. The first-order chi connectivity index (χ1) is 11.6. The fourth-order valence-electron chi connectivity index (χ4n) is 3.16. The molecule has 0 aliphatic carbocycles. The Morgan fingerprint density at radius 2 is 2.04 bits per heavy atom. The van der Waals surface area contributed by atoms with Crippen molar-refractivity contribution in [2.75, 3.05) is 0 Å². The third-order valence-corrected chi connectivity index (χ3v) is 5.38. The Hall–Kier alpha value is -2.37. The molecular formula is C19H18N2O2S. The van der Waals surface area contributed by atoms with Gasteiger partial charge in [-0.05, 0) is 36.1 Å². The average molecular weight is 338 g/mol. The molecule has 1 aromatic carbocycles. The van der Waals surface area contributed by atoms with E-state index in [2.05, 4.69) is 5.32 Å². The monoisotopic (exact) mass is 338 g/mol. The second-order valence-corrected chi connectivity index (χ2v) is 7.03. The Balaban J connectivity index is 1.65. The summed E-state index contributed by atoms with van der Waals surface area (Å²) in [7, 11) is 0. The lowest BCUT2D eigenvalue weighted by molar-refractivity contribution is 0.0912. The van der Waals surface area contributed by atoms with Crippen molar-refractivity contribution in [3.05, 3.63) is 76.4 Å². The van der Waals surface area contributed by atoms with Crippen molar-refractivity contribution in [2.24, 2.45) is 0 Å². The Labute approximate surface area is 144 Å². The van der Waals surface area contributed by atoms with Crippen molar-refractivity contribution >= 4 is 17.2 Å². The Morgan fingerprint density at radius 1 is 1.25 bits per heavy atom. The highest BCUT2D eigenvalue weighted by Gasteiger charge is 2.28. The number of thiophene rings is 1. The smallest absolute Gasteiger partial charge is 0.254 e. The van der Waals surface area contributed by atoms with Crippen LogP contribution in [0.5, 0.6) is 0 Å². The molecule has 122 valence electrons. The van der Waals surface area contributed by atoms with Gasteiger partial charge < -0.3 is 15.0 Å². The van der Waals surface area contributed by atoms with Crippen LogP contribution in [0.15, 0.2) is 54.0 Å². The number of nitrogens with zero attached hydrogens (tertiary/aromatic N) is 1. The summed E-state index contributed by atoms with van der Waals surface area (Å²) in [6, 6.07) is 13.4. The first-order valence-corrected chi connectivity index (χ1v) is 8.82. The van der Waals surface area contributed by atoms with Gasteiger partial charge in [0.1, 0.15) is 5.00 Å². The molecule has 1 aliphatic rings. The summed E-state index contributed by atoms with van der Waals surface area (Å²) in [4.78, 5) is 12.5. The number of benzene rings is 1. The molecule has 2 unspecified atom stereocenters. The van der Waals surface area contributed by atoms with Crippen LogP contribution in [0.25, 0.3) is 5.00 Å². The maximum Gasteiger partial charge on any atom is 0.254 e. The van der Waals surface area contributed by atoms with E-state index < -0.39 is 6.10 Å². The first-order valence-electron chi connectivity index (χ1n) is 7.94. The minimum Gasteiger partial charge on any atom is -0.388 e. The fraction of sp³-hybridized carbons (Fsp3) is 0.211. The van der Waals surface area contributed by atoms with Crippen LogP contribution < -0.4 is 5.32 Å². The van der Waals surface area contributed by atoms with Gasteiger partial charge in [-0.25, -0.2) is 0 Å². The number of carbonyl (C=O) groups excluding carboxylic acids is 1. The standard InChI is InChI=1S/C19H18N2O2S/c1-12-4-6-13(7-5-12)17(22)11-15-16-3-2-9-21(16)19-14(8-10-24-19)18(23)20-15/h2-10,15,17,22H,11H2,1H3,(H,20,23). The lowest BCUT2D eigenvalue weighted by Gasteiger charge is -2.21. The van der Waals surface area contributed by atoms with E-state index in [1.807, 2.05) is 65.5 Å². The molecule has 4 rings (SSSR count). The number of carbonyl (C=O) groups is 1. The number of aryl methyl sites for hydroxylation is 1. The van der Waals surface area contributed by atoms with E-state index >= 15 is 0 Å². The summed E-state index contributed by atoms with van der Waals surface area (Å²) in [5.41, 5.74) is 3.71. The maximum absolute atomic E-state index is 12.5. The Kier molecular flexibility index (Phi) is 3.75. The van der Waals surface area contributed by atoms with Gasteiger partial charge in [-0.2, -0.15) is 0 Å². The molecule has 0 bridgehead atoms. The van der Waals surface area contributed by atoms with Crippen molar-refractivity contribution in [3.63, 3.8) is 0 Å². The highest BCUT2D eigenvalue weighted by Crippen LogP contribution is 2.34. The molecular weight excluding hydrogens is 320 g/mol. The third kappa shape index (κ3) is 2.56. The van der Waals surface area contributed by atoms with Crippen molar-refractivity contribution < 1.29 is 9.90 Å².